The molecule has 0 spiro atoms. The lowest BCUT2D eigenvalue weighted by molar-refractivity contribution is 0.0339. The van der Waals surface area contributed by atoms with Crippen LogP contribution in [0.25, 0.3) is 0 Å². The van der Waals surface area contributed by atoms with Gasteiger partial charge in [0.15, 0.2) is 0 Å². The summed E-state index contributed by atoms with van der Waals surface area (Å²) in [5.74, 6) is 0.331. The van der Waals surface area contributed by atoms with Gasteiger partial charge in [-0.3, -0.25) is 0 Å². The molecule has 190 valence electrons. The van der Waals surface area contributed by atoms with Crippen LogP contribution < -0.4 is 16.1 Å². The van der Waals surface area contributed by atoms with Gasteiger partial charge in [-0.1, -0.05) is 13.8 Å². The zero-order valence-electron chi connectivity index (χ0n) is 21.4. The van der Waals surface area contributed by atoms with Crippen LogP contribution >= 0.6 is 0 Å². The molecule has 2 aliphatic heterocycles. The van der Waals surface area contributed by atoms with Gasteiger partial charge in [-0.05, 0) is 43.4 Å². The quantitative estimate of drug-likeness (QED) is 0.458. The highest BCUT2D eigenvalue weighted by Gasteiger charge is 2.37. The number of rotatable bonds is 6. The van der Waals surface area contributed by atoms with Gasteiger partial charge in [0.05, 0.1) is 37.3 Å². The van der Waals surface area contributed by atoms with Crippen LogP contribution in [0.4, 0.5) is 17.5 Å². The number of carbonyl (C=O) groups is 1. The number of hydrogen-bond acceptors (Lipinski definition) is 10. The molecule has 1 aromatic carbocycles. The number of benzene rings is 1. The predicted molar refractivity (Wildman–Crippen MR) is 136 cm³/mol. The summed E-state index contributed by atoms with van der Waals surface area (Å²) >= 11 is 0. The molecule has 2 aliphatic rings. The fourth-order valence-corrected chi connectivity index (χ4v) is 4.31. The second-order valence-electron chi connectivity index (χ2n) is 10.1. The summed E-state index contributed by atoms with van der Waals surface area (Å²) in [5, 5.41) is 16.0. The molecule has 3 heterocycles. The molecule has 0 aliphatic carbocycles. The van der Waals surface area contributed by atoms with E-state index in [1.54, 1.807) is 12.3 Å². The SMILES string of the molecule is COC(=O)c1cc(Nc2ncc(C)c(N[C@H]3COCCC3C#N)n2)cc(C)c1B1OCC(C)(C)CO1. The highest BCUT2D eigenvalue weighted by molar-refractivity contribution is 6.63. The lowest BCUT2D eigenvalue weighted by Crippen LogP contribution is -2.50. The molecule has 0 saturated carbocycles. The molecule has 1 unspecified atom stereocenters. The third kappa shape index (κ3) is 5.78. The monoisotopic (exact) mass is 493 g/mol. The third-order valence-electron chi connectivity index (χ3n) is 6.35. The first-order valence-electron chi connectivity index (χ1n) is 12.0. The normalized spacial score (nSPS) is 21.4. The largest absolute Gasteiger partial charge is 0.495 e. The number of nitrogens with zero attached hydrogens (tertiary/aromatic N) is 3. The number of anilines is 3. The van der Waals surface area contributed by atoms with Crippen molar-refractivity contribution in [2.75, 3.05) is 44.2 Å². The number of hydrogen-bond donors (Lipinski definition) is 2. The molecule has 2 N–H and O–H groups in total. The van der Waals surface area contributed by atoms with Crippen molar-refractivity contribution in [3.63, 3.8) is 0 Å². The zero-order chi connectivity index (χ0) is 25.9. The minimum atomic E-state index is -0.654. The molecule has 2 saturated heterocycles. The summed E-state index contributed by atoms with van der Waals surface area (Å²) in [6.07, 6.45) is 2.38. The van der Waals surface area contributed by atoms with Crippen molar-refractivity contribution in [2.24, 2.45) is 11.3 Å². The van der Waals surface area contributed by atoms with Crippen molar-refractivity contribution in [3.05, 3.63) is 35.0 Å². The van der Waals surface area contributed by atoms with Crippen molar-refractivity contribution >= 4 is 36.0 Å². The minimum Gasteiger partial charge on any atom is -0.465 e. The molecule has 11 heteroatoms. The Kier molecular flexibility index (Phi) is 7.78. The first kappa shape index (κ1) is 25.9. The van der Waals surface area contributed by atoms with Gasteiger partial charge in [-0.25, -0.2) is 9.78 Å². The smallest absolute Gasteiger partial charge is 0.465 e. The van der Waals surface area contributed by atoms with Gasteiger partial charge in [-0.2, -0.15) is 10.2 Å². The number of aryl methyl sites for hydroxylation is 2. The molecule has 2 fully saturated rings. The predicted octanol–water partition coefficient (Wildman–Crippen LogP) is 2.73. The number of aromatic nitrogens is 2. The van der Waals surface area contributed by atoms with Crippen LogP contribution in [-0.2, 0) is 18.8 Å². The van der Waals surface area contributed by atoms with Gasteiger partial charge in [0.25, 0.3) is 0 Å². The van der Waals surface area contributed by atoms with Gasteiger partial charge < -0.3 is 29.4 Å². The van der Waals surface area contributed by atoms with Gasteiger partial charge in [0, 0.05) is 42.7 Å². The van der Waals surface area contributed by atoms with E-state index >= 15 is 0 Å². The number of esters is 1. The first-order valence-corrected chi connectivity index (χ1v) is 12.0. The number of methoxy groups -OCH3 is 1. The van der Waals surface area contributed by atoms with Crippen LogP contribution in [0.5, 0.6) is 0 Å². The first-order chi connectivity index (χ1) is 17.2. The van der Waals surface area contributed by atoms with Gasteiger partial charge >= 0.3 is 13.1 Å². The van der Waals surface area contributed by atoms with E-state index < -0.39 is 13.1 Å². The number of carbonyl (C=O) groups excluding carboxylic acids is 1. The van der Waals surface area contributed by atoms with E-state index in [0.29, 0.717) is 61.3 Å². The van der Waals surface area contributed by atoms with Crippen LogP contribution in [0.3, 0.4) is 0 Å². The molecule has 2 atom stereocenters. The molecule has 0 amide bonds. The van der Waals surface area contributed by atoms with Gasteiger partial charge in [-0.15, -0.1) is 0 Å². The fourth-order valence-electron chi connectivity index (χ4n) is 4.31. The van der Waals surface area contributed by atoms with E-state index in [1.165, 1.54) is 7.11 Å². The van der Waals surface area contributed by atoms with Crippen molar-refractivity contribution in [2.45, 2.75) is 40.2 Å². The second-order valence-corrected chi connectivity index (χ2v) is 10.1. The Hall–Kier alpha value is -3.20. The molecule has 1 aromatic heterocycles. The third-order valence-corrected chi connectivity index (χ3v) is 6.35. The average molecular weight is 493 g/mol. The van der Waals surface area contributed by atoms with Gasteiger partial charge in [0.2, 0.25) is 5.95 Å². The molecular formula is C25H32BN5O5. The number of nitrogens with one attached hydrogen (secondary N) is 2. The maximum absolute atomic E-state index is 12.7. The fraction of sp³-hybridized carbons (Fsp3) is 0.520. The standard InChI is InChI=1S/C25H32BN5O5/c1-15-8-18(9-19(23(32)33-5)21(15)26-35-13-25(3,4)14-36-26)29-24-28-11-16(2)22(31-24)30-20-12-34-7-6-17(20)10-27/h8-9,11,17,20H,6-7,12-14H2,1-5H3,(H2,28,29,30,31)/t17?,20-/m0/s1. The van der Waals surface area contributed by atoms with Crippen molar-refractivity contribution in [3.8, 4) is 6.07 Å². The minimum absolute atomic E-state index is 0.0944. The van der Waals surface area contributed by atoms with Crippen LogP contribution in [-0.4, -0.2) is 62.6 Å². The highest BCUT2D eigenvalue weighted by atomic mass is 16.6. The maximum atomic E-state index is 12.7. The summed E-state index contributed by atoms with van der Waals surface area (Å²) in [4.78, 5) is 21.7. The van der Waals surface area contributed by atoms with E-state index in [0.717, 1.165) is 11.1 Å². The van der Waals surface area contributed by atoms with Gasteiger partial charge in [0.1, 0.15) is 5.82 Å². The number of nitriles is 1. The Bertz CT molecular complexity index is 1160. The van der Waals surface area contributed by atoms with Crippen molar-refractivity contribution in [1.82, 2.24) is 9.97 Å². The summed E-state index contributed by atoms with van der Waals surface area (Å²) in [7, 11) is 0.691. The summed E-state index contributed by atoms with van der Waals surface area (Å²) < 4.78 is 22.5. The topological polar surface area (TPSA) is 128 Å². The molecule has 0 radical (unpaired) electrons. The van der Waals surface area contributed by atoms with Crippen molar-refractivity contribution in [1.29, 1.82) is 5.26 Å². The Morgan fingerprint density at radius 2 is 2.00 bits per heavy atom. The molecule has 10 nitrogen and oxygen atoms in total. The van der Waals surface area contributed by atoms with Crippen LogP contribution in [0.15, 0.2) is 18.3 Å². The van der Waals surface area contributed by atoms with E-state index in [4.69, 9.17) is 18.8 Å². The molecule has 0 bridgehead atoms. The molecule has 36 heavy (non-hydrogen) atoms. The van der Waals surface area contributed by atoms with E-state index in [2.05, 4.69) is 40.5 Å². The Morgan fingerprint density at radius 1 is 1.25 bits per heavy atom. The van der Waals surface area contributed by atoms with Crippen LogP contribution in [0, 0.1) is 36.5 Å². The lowest BCUT2D eigenvalue weighted by atomic mass is 9.71. The molecule has 2 aromatic rings. The molecule has 4 rings (SSSR count). The Labute approximate surface area is 211 Å². The van der Waals surface area contributed by atoms with E-state index in [9.17, 15) is 10.1 Å². The van der Waals surface area contributed by atoms with E-state index in [1.807, 2.05) is 19.9 Å². The zero-order valence-corrected chi connectivity index (χ0v) is 21.4. The van der Waals surface area contributed by atoms with Crippen LogP contribution in [0.1, 0.15) is 41.8 Å². The summed E-state index contributed by atoms with van der Waals surface area (Å²) in [6, 6.07) is 5.78. The highest BCUT2D eigenvalue weighted by Crippen LogP contribution is 2.26. The maximum Gasteiger partial charge on any atom is 0.495 e. The number of ether oxygens (including phenoxy) is 2. The van der Waals surface area contributed by atoms with E-state index in [-0.39, 0.29) is 17.4 Å². The van der Waals surface area contributed by atoms with Crippen molar-refractivity contribution < 1.29 is 23.6 Å². The molecular weight excluding hydrogens is 461 g/mol. The summed E-state index contributed by atoms with van der Waals surface area (Å²) in [5.41, 5.74) is 3.19. The second kappa shape index (κ2) is 10.8. The van der Waals surface area contributed by atoms with Crippen LogP contribution in [0.2, 0.25) is 0 Å². The Balaban J connectivity index is 1.59. The summed E-state index contributed by atoms with van der Waals surface area (Å²) in [6.45, 7) is 9.99. The Morgan fingerprint density at radius 3 is 2.69 bits per heavy atom. The average Bonchev–Trinajstić information content (AvgIpc) is 2.86. The lowest BCUT2D eigenvalue weighted by Gasteiger charge is -2.34.